The lowest BCUT2D eigenvalue weighted by Gasteiger charge is -2.22. The van der Waals surface area contributed by atoms with Gasteiger partial charge in [0.05, 0.1) is 20.8 Å². The normalized spacial score (nSPS) is 18.5. The average Bonchev–Trinajstić information content (AvgIpc) is 2.91. The molecule has 1 heterocycles. The zero-order valence-corrected chi connectivity index (χ0v) is 18.7. The number of halogens is 3. The Kier molecular flexibility index (Phi) is 6.60. The topological polar surface area (TPSA) is 78.5 Å². The first kappa shape index (κ1) is 22.4. The van der Waals surface area contributed by atoms with Gasteiger partial charge in [0.1, 0.15) is 12.1 Å². The summed E-state index contributed by atoms with van der Waals surface area (Å²) in [7, 11) is 0. The van der Waals surface area contributed by atoms with Gasteiger partial charge in [0.15, 0.2) is 0 Å². The Morgan fingerprint density at radius 1 is 1.07 bits per heavy atom. The maximum atomic E-state index is 13.0. The van der Waals surface area contributed by atoms with Gasteiger partial charge in [0, 0.05) is 0 Å². The van der Waals surface area contributed by atoms with Crippen molar-refractivity contribution in [2.24, 2.45) is 0 Å². The number of rotatable bonds is 6. The van der Waals surface area contributed by atoms with Crippen LogP contribution in [0.4, 0.5) is 10.5 Å². The summed E-state index contributed by atoms with van der Waals surface area (Å²) < 4.78 is 0. The molecule has 30 heavy (non-hydrogen) atoms. The maximum absolute atomic E-state index is 13.0. The molecule has 3 rings (SSSR count). The van der Waals surface area contributed by atoms with Crippen molar-refractivity contribution < 1.29 is 14.4 Å². The number of carbonyl (C=O) groups excluding carboxylic acids is 3. The second kappa shape index (κ2) is 8.84. The molecule has 158 valence electrons. The molecule has 0 bridgehead atoms. The van der Waals surface area contributed by atoms with E-state index in [-0.39, 0.29) is 20.8 Å². The van der Waals surface area contributed by atoms with E-state index in [2.05, 4.69) is 17.6 Å². The van der Waals surface area contributed by atoms with Crippen molar-refractivity contribution in [1.82, 2.24) is 10.2 Å². The summed E-state index contributed by atoms with van der Waals surface area (Å²) in [5.41, 5.74) is 0.786. The highest BCUT2D eigenvalue weighted by Gasteiger charge is 2.49. The number of hydrogen-bond donors (Lipinski definition) is 2. The summed E-state index contributed by atoms with van der Waals surface area (Å²) in [5, 5.41) is 5.88. The predicted molar refractivity (Wildman–Crippen MR) is 118 cm³/mol. The van der Waals surface area contributed by atoms with Gasteiger partial charge in [-0.05, 0) is 36.6 Å². The van der Waals surface area contributed by atoms with Gasteiger partial charge in [0.2, 0.25) is 5.91 Å². The van der Waals surface area contributed by atoms with Gasteiger partial charge >= 0.3 is 6.03 Å². The van der Waals surface area contributed by atoms with E-state index in [1.54, 1.807) is 6.92 Å². The number of aryl methyl sites for hydroxylation is 1. The first-order valence-corrected chi connectivity index (χ1v) is 10.5. The minimum atomic E-state index is -1.25. The first-order valence-electron chi connectivity index (χ1n) is 9.33. The molecule has 4 amide bonds. The second-order valence-corrected chi connectivity index (χ2v) is 8.41. The van der Waals surface area contributed by atoms with Crippen molar-refractivity contribution in [3.05, 3.63) is 62.6 Å². The Labute approximate surface area is 189 Å². The Hall–Kier alpha value is -2.28. The molecular formula is C21H20Cl3N3O3. The largest absolute Gasteiger partial charge is 0.325 e. The summed E-state index contributed by atoms with van der Waals surface area (Å²) >= 11 is 17.9. The highest BCUT2D eigenvalue weighted by molar-refractivity contribution is 6.44. The first-order chi connectivity index (χ1) is 14.2. The monoisotopic (exact) mass is 467 g/mol. The number of anilines is 1. The molecule has 2 aromatic carbocycles. The Morgan fingerprint density at radius 3 is 2.33 bits per heavy atom. The van der Waals surface area contributed by atoms with Gasteiger partial charge in [-0.2, -0.15) is 0 Å². The second-order valence-electron chi connectivity index (χ2n) is 7.19. The van der Waals surface area contributed by atoms with Crippen molar-refractivity contribution in [3.63, 3.8) is 0 Å². The van der Waals surface area contributed by atoms with E-state index >= 15 is 0 Å². The Balaban J connectivity index is 1.74. The van der Waals surface area contributed by atoms with Gasteiger partial charge in [0.25, 0.3) is 5.91 Å². The summed E-state index contributed by atoms with van der Waals surface area (Å²) in [6, 6.07) is 9.67. The van der Waals surface area contributed by atoms with Crippen LogP contribution in [0.2, 0.25) is 15.1 Å². The molecule has 1 unspecified atom stereocenters. The molecule has 0 saturated carbocycles. The van der Waals surface area contributed by atoms with Gasteiger partial charge in [-0.25, -0.2) is 4.79 Å². The van der Waals surface area contributed by atoms with Crippen LogP contribution in [-0.2, 0) is 21.5 Å². The zero-order valence-electron chi connectivity index (χ0n) is 16.4. The van der Waals surface area contributed by atoms with E-state index in [0.29, 0.717) is 5.56 Å². The van der Waals surface area contributed by atoms with E-state index in [1.807, 2.05) is 24.3 Å². The summed E-state index contributed by atoms with van der Waals surface area (Å²) in [4.78, 5) is 38.8. The molecule has 1 saturated heterocycles. The third-order valence-electron chi connectivity index (χ3n) is 4.93. The van der Waals surface area contributed by atoms with Crippen LogP contribution >= 0.6 is 34.8 Å². The fraction of sp³-hybridized carbons (Fsp3) is 0.286. The van der Waals surface area contributed by atoms with Crippen LogP contribution in [0.5, 0.6) is 0 Å². The van der Waals surface area contributed by atoms with Crippen LogP contribution in [0.3, 0.4) is 0 Å². The zero-order chi connectivity index (χ0) is 22.1. The predicted octanol–water partition coefficient (Wildman–Crippen LogP) is 5.01. The molecule has 1 atom stereocenters. The van der Waals surface area contributed by atoms with Crippen LogP contribution in [0.1, 0.15) is 31.4 Å². The lowest BCUT2D eigenvalue weighted by molar-refractivity contribution is -0.133. The number of amides is 4. The van der Waals surface area contributed by atoms with Crippen molar-refractivity contribution in [3.8, 4) is 0 Å². The summed E-state index contributed by atoms with van der Waals surface area (Å²) in [6.45, 7) is 3.24. The van der Waals surface area contributed by atoms with Crippen LogP contribution in [0.25, 0.3) is 0 Å². The molecule has 9 heteroatoms. The van der Waals surface area contributed by atoms with E-state index in [4.69, 9.17) is 34.8 Å². The summed E-state index contributed by atoms with van der Waals surface area (Å²) in [5.74, 6) is -1.10. The highest BCUT2D eigenvalue weighted by Crippen LogP contribution is 2.33. The fourth-order valence-corrected chi connectivity index (χ4v) is 3.88. The Morgan fingerprint density at radius 2 is 1.70 bits per heavy atom. The number of nitrogens with one attached hydrogen (secondary N) is 2. The van der Waals surface area contributed by atoms with Crippen LogP contribution in [0.15, 0.2) is 36.4 Å². The van der Waals surface area contributed by atoms with Gasteiger partial charge < -0.3 is 10.6 Å². The fourth-order valence-electron chi connectivity index (χ4n) is 3.28. The van der Waals surface area contributed by atoms with E-state index in [9.17, 15) is 14.4 Å². The van der Waals surface area contributed by atoms with Crippen molar-refractivity contribution >= 4 is 58.3 Å². The standard InChI is InChI=1S/C21H20Cl3N3O3/c1-3-4-12-5-7-13(8-6-12)21(2)19(29)27(20(30)26-21)11-18(28)25-17-10-15(23)14(22)9-16(17)24/h5-10H,3-4,11H2,1-2H3,(H,25,28)(H,26,30). The number of nitrogens with zero attached hydrogens (tertiary/aromatic N) is 1. The number of hydrogen-bond acceptors (Lipinski definition) is 3. The number of benzene rings is 2. The molecule has 0 spiro atoms. The van der Waals surface area contributed by atoms with Gasteiger partial charge in [-0.15, -0.1) is 0 Å². The van der Waals surface area contributed by atoms with Gasteiger partial charge in [-0.1, -0.05) is 72.4 Å². The molecule has 1 aliphatic heterocycles. The molecule has 0 radical (unpaired) electrons. The highest BCUT2D eigenvalue weighted by atomic mass is 35.5. The quantitative estimate of drug-likeness (QED) is 0.462. The van der Waals surface area contributed by atoms with E-state index in [1.165, 1.54) is 12.1 Å². The van der Waals surface area contributed by atoms with E-state index < -0.39 is 29.9 Å². The Bertz CT molecular complexity index is 1010. The third kappa shape index (κ3) is 4.41. The summed E-state index contributed by atoms with van der Waals surface area (Å²) in [6.07, 6.45) is 1.94. The van der Waals surface area contributed by atoms with E-state index in [0.717, 1.165) is 23.3 Å². The third-order valence-corrected chi connectivity index (χ3v) is 5.97. The minimum absolute atomic E-state index is 0.187. The molecule has 0 aromatic heterocycles. The van der Waals surface area contributed by atoms with Crippen molar-refractivity contribution in [1.29, 1.82) is 0 Å². The minimum Gasteiger partial charge on any atom is -0.323 e. The molecule has 0 aliphatic carbocycles. The number of carbonyl (C=O) groups is 3. The van der Waals surface area contributed by atoms with Gasteiger partial charge in [-0.3, -0.25) is 14.5 Å². The number of urea groups is 1. The van der Waals surface area contributed by atoms with Crippen LogP contribution in [-0.4, -0.2) is 29.3 Å². The molecule has 6 nitrogen and oxygen atoms in total. The molecule has 1 fully saturated rings. The maximum Gasteiger partial charge on any atom is 0.325 e. The van der Waals surface area contributed by atoms with Crippen molar-refractivity contribution in [2.45, 2.75) is 32.2 Å². The molecule has 2 aromatic rings. The lowest BCUT2D eigenvalue weighted by atomic mass is 9.91. The smallest absolute Gasteiger partial charge is 0.323 e. The molecule has 2 N–H and O–H groups in total. The van der Waals surface area contributed by atoms with Crippen LogP contribution in [0, 0.1) is 0 Å². The molecular weight excluding hydrogens is 449 g/mol. The van der Waals surface area contributed by atoms with Crippen LogP contribution < -0.4 is 10.6 Å². The SMILES string of the molecule is CCCc1ccc(C2(C)NC(=O)N(CC(=O)Nc3cc(Cl)c(Cl)cc3Cl)C2=O)cc1. The lowest BCUT2D eigenvalue weighted by Crippen LogP contribution is -2.42. The number of imide groups is 1. The van der Waals surface area contributed by atoms with Crippen molar-refractivity contribution in [2.75, 3.05) is 11.9 Å². The molecule has 1 aliphatic rings. The average molecular weight is 469 g/mol.